The van der Waals surface area contributed by atoms with Crippen LogP contribution in [0.2, 0.25) is 0 Å². The molecule has 0 fully saturated rings. The van der Waals surface area contributed by atoms with Crippen molar-refractivity contribution in [2.24, 2.45) is 0 Å². The van der Waals surface area contributed by atoms with Gasteiger partial charge in [-0.2, -0.15) is 0 Å². The van der Waals surface area contributed by atoms with Crippen LogP contribution in [0.5, 0.6) is 0 Å². The Balaban J connectivity index is 2.05. The highest BCUT2D eigenvalue weighted by molar-refractivity contribution is 5.79. The molecule has 0 radical (unpaired) electrons. The minimum atomic E-state index is 0.606. The summed E-state index contributed by atoms with van der Waals surface area (Å²) in [5.41, 5.74) is 4.51. The Labute approximate surface area is 122 Å². The van der Waals surface area contributed by atoms with Gasteiger partial charge in [0.2, 0.25) is 5.95 Å². The van der Waals surface area contributed by atoms with Crippen LogP contribution in [0.25, 0.3) is 11.2 Å². The summed E-state index contributed by atoms with van der Waals surface area (Å²) in [6.45, 7) is 8.05. The number of aromatic nitrogens is 5. The van der Waals surface area contributed by atoms with Crippen molar-refractivity contribution >= 4 is 17.2 Å². The van der Waals surface area contributed by atoms with Gasteiger partial charge in [-0.05, 0) is 37.1 Å². The molecule has 3 heterocycles. The van der Waals surface area contributed by atoms with Gasteiger partial charge in [0.15, 0.2) is 5.65 Å². The molecule has 6 heteroatoms. The summed E-state index contributed by atoms with van der Waals surface area (Å²) >= 11 is 0. The summed E-state index contributed by atoms with van der Waals surface area (Å²) in [6.07, 6.45) is 3.78. The second kappa shape index (κ2) is 4.97. The summed E-state index contributed by atoms with van der Waals surface area (Å²) in [7, 11) is 1.80. The van der Waals surface area contributed by atoms with E-state index in [1.54, 1.807) is 13.2 Å². The summed E-state index contributed by atoms with van der Waals surface area (Å²) in [4.78, 5) is 8.65. The number of rotatable bonds is 3. The van der Waals surface area contributed by atoms with Gasteiger partial charge < -0.3 is 5.32 Å². The summed E-state index contributed by atoms with van der Waals surface area (Å²) in [5, 5.41) is 11.1. The number of hydrogen-bond acceptors (Lipinski definition) is 5. The predicted octanol–water partition coefficient (Wildman–Crippen LogP) is 2.24. The molecule has 0 saturated carbocycles. The molecule has 3 aromatic rings. The van der Waals surface area contributed by atoms with E-state index in [9.17, 15) is 0 Å². The molecule has 0 amide bonds. The zero-order chi connectivity index (χ0) is 15.0. The molecule has 3 rings (SSSR count). The molecule has 0 aliphatic rings. The zero-order valence-corrected chi connectivity index (χ0v) is 12.3. The van der Waals surface area contributed by atoms with Gasteiger partial charge in [0.05, 0.1) is 5.69 Å². The highest BCUT2D eigenvalue weighted by atomic mass is 15.2. The Kier molecular flexibility index (Phi) is 3.13. The quantitative estimate of drug-likeness (QED) is 0.797. The molecule has 0 spiro atoms. The number of nitrogens with zero attached hydrogens (tertiary/aromatic N) is 5. The maximum atomic E-state index is 4.39. The van der Waals surface area contributed by atoms with Crippen molar-refractivity contribution in [3.63, 3.8) is 0 Å². The zero-order valence-electron chi connectivity index (χ0n) is 12.3. The van der Waals surface area contributed by atoms with Gasteiger partial charge in [0, 0.05) is 25.0 Å². The number of nitrogens with one attached hydrogen (secondary N) is 1. The molecule has 0 aromatic carbocycles. The first-order chi connectivity index (χ1) is 10.1. The van der Waals surface area contributed by atoms with E-state index in [-0.39, 0.29) is 0 Å². The van der Waals surface area contributed by atoms with E-state index in [1.807, 2.05) is 36.6 Å². The predicted molar refractivity (Wildman–Crippen MR) is 82.2 cm³/mol. The van der Waals surface area contributed by atoms with Crippen LogP contribution in [0.15, 0.2) is 31.1 Å². The third-order valence-corrected chi connectivity index (χ3v) is 3.45. The van der Waals surface area contributed by atoms with E-state index in [4.69, 9.17) is 0 Å². The van der Waals surface area contributed by atoms with Crippen LogP contribution < -0.4 is 5.32 Å². The highest BCUT2D eigenvalue weighted by Gasteiger charge is 2.10. The van der Waals surface area contributed by atoms with E-state index < -0.39 is 0 Å². The van der Waals surface area contributed by atoms with Gasteiger partial charge in [0.25, 0.3) is 0 Å². The average molecular weight is 280 g/mol. The van der Waals surface area contributed by atoms with E-state index in [0.717, 1.165) is 33.9 Å². The normalized spacial score (nSPS) is 10.8. The Morgan fingerprint density at radius 1 is 1.24 bits per heavy atom. The van der Waals surface area contributed by atoms with Gasteiger partial charge in [-0.25, -0.2) is 9.97 Å². The lowest BCUT2D eigenvalue weighted by Gasteiger charge is -2.10. The molecule has 0 aliphatic heterocycles. The van der Waals surface area contributed by atoms with Crippen LogP contribution in [-0.4, -0.2) is 31.6 Å². The lowest BCUT2D eigenvalue weighted by molar-refractivity contribution is 1.00. The number of fused-ring (bicyclic) bond motifs is 1. The Morgan fingerprint density at radius 2 is 2.05 bits per heavy atom. The maximum Gasteiger partial charge on any atom is 0.222 e. The van der Waals surface area contributed by atoms with Crippen LogP contribution in [0, 0.1) is 13.8 Å². The van der Waals surface area contributed by atoms with Gasteiger partial charge in [0.1, 0.15) is 5.82 Å². The van der Waals surface area contributed by atoms with Crippen molar-refractivity contribution in [1.29, 1.82) is 0 Å². The van der Waals surface area contributed by atoms with Crippen LogP contribution in [0.4, 0.5) is 5.95 Å². The first-order valence-corrected chi connectivity index (χ1v) is 6.62. The molecule has 106 valence electrons. The Hall–Kier alpha value is -2.76. The second-order valence-corrected chi connectivity index (χ2v) is 4.81. The van der Waals surface area contributed by atoms with Crippen molar-refractivity contribution in [2.45, 2.75) is 13.8 Å². The van der Waals surface area contributed by atoms with Crippen molar-refractivity contribution in [3.05, 3.63) is 53.8 Å². The lowest BCUT2D eigenvalue weighted by Crippen LogP contribution is -2.01. The molecule has 21 heavy (non-hydrogen) atoms. The van der Waals surface area contributed by atoms with E-state index in [2.05, 4.69) is 32.1 Å². The number of aryl methyl sites for hydroxylation is 2. The molecule has 0 saturated heterocycles. The third kappa shape index (κ3) is 2.24. The molecule has 3 aromatic heterocycles. The second-order valence-electron chi connectivity index (χ2n) is 4.81. The summed E-state index contributed by atoms with van der Waals surface area (Å²) in [5.74, 6) is 1.45. The molecule has 0 atom stereocenters. The van der Waals surface area contributed by atoms with Crippen LogP contribution in [-0.2, 0) is 0 Å². The minimum Gasteiger partial charge on any atom is -0.357 e. The van der Waals surface area contributed by atoms with Gasteiger partial charge in [-0.1, -0.05) is 6.58 Å². The monoisotopic (exact) mass is 280 g/mol. The van der Waals surface area contributed by atoms with E-state index >= 15 is 0 Å². The minimum absolute atomic E-state index is 0.606. The molecular weight excluding hydrogens is 264 g/mol. The first-order valence-electron chi connectivity index (χ1n) is 6.62. The Bertz CT molecular complexity index is 833. The third-order valence-electron chi connectivity index (χ3n) is 3.45. The van der Waals surface area contributed by atoms with Gasteiger partial charge in [-0.3, -0.25) is 4.40 Å². The van der Waals surface area contributed by atoms with Crippen molar-refractivity contribution in [3.8, 4) is 0 Å². The molecule has 6 nitrogen and oxygen atoms in total. The average Bonchev–Trinajstić information content (AvgIpc) is 2.87. The highest BCUT2D eigenvalue weighted by Crippen LogP contribution is 2.24. The van der Waals surface area contributed by atoms with Crippen LogP contribution in [0.3, 0.4) is 0 Å². The maximum absolute atomic E-state index is 4.39. The topological polar surface area (TPSA) is 68.0 Å². The van der Waals surface area contributed by atoms with Gasteiger partial charge >= 0.3 is 0 Å². The van der Waals surface area contributed by atoms with Crippen molar-refractivity contribution in [1.82, 2.24) is 24.6 Å². The number of hydrogen-bond donors (Lipinski definition) is 1. The fourth-order valence-corrected chi connectivity index (χ4v) is 2.22. The Morgan fingerprint density at radius 3 is 2.76 bits per heavy atom. The standard InChI is InChI=1S/C15H16N6/c1-9(13-7-17-15(16-4)18-10(13)2)12-5-6-14-20-19-11(3)21(14)8-12/h5-8H,1H2,2-4H3,(H,16,17,18). The van der Waals surface area contributed by atoms with E-state index in [0.29, 0.717) is 5.95 Å². The molecule has 0 unspecified atom stereocenters. The SMILES string of the molecule is C=C(c1ccc2nnc(C)n2c1)c1cnc(NC)nc1C. The van der Waals surface area contributed by atoms with Crippen LogP contribution >= 0.6 is 0 Å². The molecule has 0 aliphatic carbocycles. The number of anilines is 1. The molecule has 0 bridgehead atoms. The summed E-state index contributed by atoms with van der Waals surface area (Å²) in [6, 6.07) is 3.91. The fraction of sp³-hybridized carbons (Fsp3) is 0.200. The largest absolute Gasteiger partial charge is 0.357 e. The lowest BCUT2D eigenvalue weighted by atomic mass is 10.0. The summed E-state index contributed by atoms with van der Waals surface area (Å²) < 4.78 is 1.94. The number of pyridine rings is 1. The smallest absolute Gasteiger partial charge is 0.222 e. The van der Waals surface area contributed by atoms with E-state index in [1.165, 1.54) is 0 Å². The van der Waals surface area contributed by atoms with Gasteiger partial charge in [-0.15, -0.1) is 10.2 Å². The molecule has 1 N–H and O–H groups in total. The van der Waals surface area contributed by atoms with Crippen LogP contribution in [0.1, 0.15) is 22.6 Å². The first kappa shape index (κ1) is 13.2. The van der Waals surface area contributed by atoms with Crippen molar-refractivity contribution in [2.75, 3.05) is 12.4 Å². The molecular formula is C15H16N6. The van der Waals surface area contributed by atoms with Crippen molar-refractivity contribution < 1.29 is 0 Å². The fourth-order valence-electron chi connectivity index (χ4n) is 2.22.